The van der Waals surface area contributed by atoms with Gasteiger partial charge in [-0.3, -0.25) is 4.98 Å². The Morgan fingerprint density at radius 3 is 2.24 bits per heavy atom. The fourth-order valence-electron chi connectivity index (χ4n) is 3.27. The van der Waals surface area contributed by atoms with Gasteiger partial charge in [-0.1, -0.05) is 31.5 Å². The summed E-state index contributed by atoms with van der Waals surface area (Å²) in [7, 11) is 0. The molecule has 0 aliphatic rings. The Hall–Kier alpha value is -2.31. The first-order valence-electron chi connectivity index (χ1n) is 9.62. The molecule has 0 fully saturated rings. The zero-order valence-electron chi connectivity index (χ0n) is 17.2. The highest BCUT2D eigenvalue weighted by Gasteiger charge is 2.23. The third-order valence-electron chi connectivity index (χ3n) is 4.88. The largest absolute Gasteiger partial charge is 0.382 e. The molecule has 3 rings (SSSR count). The molecule has 5 nitrogen and oxygen atoms in total. The molecule has 2 N–H and O–H groups in total. The SMILES string of the molecule is CC(C)C(Nc1c(Cl)cnc2ccc(-c3cnc(C(C)(C)O)nc3)cc12)C(C)F. The van der Waals surface area contributed by atoms with Crippen LogP contribution in [-0.2, 0) is 5.60 Å². The van der Waals surface area contributed by atoms with E-state index in [0.717, 1.165) is 22.0 Å². The summed E-state index contributed by atoms with van der Waals surface area (Å²) in [5.41, 5.74) is 1.98. The van der Waals surface area contributed by atoms with Gasteiger partial charge in [0.25, 0.3) is 0 Å². The number of aliphatic hydroxyl groups is 1. The topological polar surface area (TPSA) is 70.9 Å². The Kier molecular flexibility index (Phi) is 6.05. The third kappa shape index (κ3) is 4.65. The van der Waals surface area contributed by atoms with E-state index in [4.69, 9.17) is 11.6 Å². The lowest BCUT2D eigenvalue weighted by Gasteiger charge is -2.26. The minimum atomic E-state index is -1.11. The Balaban J connectivity index is 2.06. The van der Waals surface area contributed by atoms with Crippen molar-refractivity contribution in [3.63, 3.8) is 0 Å². The first kappa shape index (κ1) is 21.4. The molecule has 154 valence electrons. The molecule has 0 saturated heterocycles. The van der Waals surface area contributed by atoms with E-state index in [9.17, 15) is 9.50 Å². The van der Waals surface area contributed by atoms with E-state index in [1.54, 1.807) is 39.4 Å². The summed E-state index contributed by atoms with van der Waals surface area (Å²) >= 11 is 6.43. The second kappa shape index (κ2) is 8.20. The molecule has 0 radical (unpaired) electrons. The second-order valence-corrected chi connectivity index (χ2v) is 8.57. The van der Waals surface area contributed by atoms with Crippen LogP contribution >= 0.6 is 11.6 Å². The molecule has 2 atom stereocenters. The molecule has 29 heavy (non-hydrogen) atoms. The lowest BCUT2D eigenvalue weighted by Crippen LogP contribution is -2.34. The number of nitrogens with zero attached hydrogens (tertiary/aromatic N) is 3. The lowest BCUT2D eigenvalue weighted by molar-refractivity contribution is 0.0687. The summed E-state index contributed by atoms with van der Waals surface area (Å²) in [4.78, 5) is 12.9. The number of alkyl halides is 1. The Labute approximate surface area is 175 Å². The van der Waals surface area contributed by atoms with Crippen molar-refractivity contribution < 1.29 is 9.50 Å². The van der Waals surface area contributed by atoms with Crippen LogP contribution in [-0.4, -0.2) is 32.3 Å². The first-order chi connectivity index (χ1) is 13.6. The van der Waals surface area contributed by atoms with Crippen LogP contribution in [0.3, 0.4) is 0 Å². The normalized spacial score (nSPS) is 14.2. The quantitative estimate of drug-likeness (QED) is 0.565. The summed E-state index contributed by atoms with van der Waals surface area (Å²) in [6.07, 6.45) is 3.88. The van der Waals surface area contributed by atoms with Crippen LogP contribution in [0.25, 0.3) is 22.0 Å². The number of rotatable bonds is 6. The molecule has 0 bridgehead atoms. The van der Waals surface area contributed by atoms with Crippen LogP contribution in [0.5, 0.6) is 0 Å². The Bertz CT molecular complexity index is 992. The average molecular weight is 417 g/mol. The molecule has 0 aliphatic heterocycles. The Morgan fingerprint density at radius 2 is 1.69 bits per heavy atom. The van der Waals surface area contributed by atoms with Gasteiger partial charge in [-0.15, -0.1) is 0 Å². The van der Waals surface area contributed by atoms with Gasteiger partial charge in [-0.25, -0.2) is 14.4 Å². The number of benzene rings is 1. The molecular formula is C22H26ClFN4O. The molecule has 0 aliphatic carbocycles. The van der Waals surface area contributed by atoms with Gasteiger partial charge < -0.3 is 10.4 Å². The number of pyridine rings is 1. The average Bonchev–Trinajstić information content (AvgIpc) is 2.65. The molecule has 2 heterocycles. The zero-order valence-corrected chi connectivity index (χ0v) is 18.0. The molecule has 0 saturated carbocycles. The second-order valence-electron chi connectivity index (χ2n) is 8.16. The number of halogens is 2. The zero-order chi connectivity index (χ0) is 21.3. The molecule has 3 aromatic rings. The van der Waals surface area contributed by atoms with E-state index in [-0.39, 0.29) is 12.0 Å². The van der Waals surface area contributed by atoms with Crippen molar-refractivity contribution in [2.45, 2.75) is 52.4 Å². The monoisotopic (exact) mass is 416 g/mol. The van der Waals surface area contributed by atoms with Gasteiger partial charge in [-0.05, 0) is 44.4 Å². The number of hydrogen-bond acceptors (Lipinski definition) is 5. The van der Waals surface area contributed by atoms with Crippen molar-refractivity contribution in [1.29, 1.82) is 0 Å². The number of hydrogen-bond donors (Lipinski definition) is 2. The minimum Gasteiger partial charge on any atom is -0.382 e. The molecule has 2 unspecified atom stereocenters. The maximum Gasteiger partial charge on any atom is 0.159 e. The number of anilines is 1. The van der Waals surface area contributed by atoms with E-state index in [2.05, 4.69) is 20.3 Å². The predicted molar refractivity (Wildman–Crippen MR) is 116 cm³/mol. The fourth-order valence-corrected chi connectivity index (χ4v) is 3.47. The highest BCUT2D eigenvalue weighted by Crippen LogP contribution is 2.34. The molecule has 0 spiro atoms. The van der Waals surface area contributed by atoms with E-state index in [1.807, 2.05) is 32.0 Å². The van der Waals surface area contributed by atoms with Gasteiger partial charge in [0.2, 0.25) is 0 Å². The smallest absolute Gasteiger partial charge is 0.159 e. The van der Waals surface area contributed by atoms with Crippen molar-refractivity contribution in [3.8, 4) is 11.1 Å². The van der Waals surface area contributed by atoms with Crippen LogP contribution in [0.15, 0.2) is 36.8 Å². The minimum absolute atomic E-state index is 0.0836. The van der Waals surface area contributed by atoms with Gasteiger partial charge >= 0.3 is 0 Å². The highest BCUT2D eigenvalue weighted by atomic mass is 35.5. The summed E-state index contributed by atoms with van der Waals surface area (Å²) in [6.45, 7) is 8.76. The van der Waals surface area contributed by atoms with Gasteiger partial charge in [0.05, 0.1) is 22.3 Å². The van der Waals surface area contributed by atoms with Crippen LogP contribution in [0.1, 0.15) is 40.4 Å². The standard InChI is InChI=1S/C22H26ClFN4O/c1-12(2)19(13(3)24)28-20-16-8-14(6-7-18(16)25-11-17(20)23)15-9-26-21(27-10-15)22(4,5)29/h6-13,19,29H,1-5H3,(H,25,28). The van der Waals surface area contributed by atoms with E-state index < -0.39 is 11.8 Å². The van der Waals surface area contributed by atoms with Crippen LogP contribution in [0.4, 0.5) is 10.1 Å². The first-order valence-corrected chi connectivity index (χ1v) is 10.00. The maximum absolute atomic E-state index is 14.2. The molecule has 1 aromatic carbocycles. The van der Waals surface area contributed by atoms with Crippen LogP contribution < -0.4 is 5.32 Å². The van der Waals surface area contributed by atoms with Crippen molar-refractivity contribution in [2.75, 3.05) is 5.32 Å². The molecule has 0 amide bonds. The number of fused-ring (bicyclic) bond motifs is 1. The van der Waals surface area contributed by atoms with Crippen molar-refractivity contribution >= 4 is 28.2 Å². The summed E-state index contributed by atoms with van der Waals surface area (Å²) in [5, 5.41) is 14.6. The van der Waals surface area contributed by atoms with E-state index in [0.29, 0.717) is 16.5 Å². The van der Waals surface area contributed by atoms with Crippen LogP contribution in [0, 0.1) is 5.92 Å². The van der Waals surface area contributed by atoms with Gasteiger partial charge in [0, 0.05) is 29.5 Å². The highest BCUT2D eigenvalue weighted by molar-refractivity contribution is 6.34. The number of aromatic nitrogens is 3. The summed E-state index contributed by atoms with van der Waals surface area (Å²) in [5.74, 6) is 0.436. The van der Waals surface area contributed by atoms with Crippen molar-refractivity contribution in [2.24, 2.45) is 5.92 Å². The summed E-state index contributed by atoms with van der Waals surface area (Å²) < 4.78 is 14.2. The van der Waals surface area contributed by atoms with Crippen LogP contribution in [0.2, 0.25) is 5.02 Å². The molecular weight excluding hydrogens is 391 g/mol. The predicted octanol–water partition coefficient (Wildman–Crippen LogP) is 5.37. The maximum atomic E-state index is 14.2. The van der Waals surface area contributed by atoms with Gasteiger partial charge in [0.15, 0.2) is 5.82 Å². The van der Waals surface area contributed by atoms with Gasteiger partial charge in [0.1, 0.15) is 11.8 Å². The Morgan fingerprint density at radius 1 is 1.03 bits per heavy atom. The molecule has 7 heteroatoms. The lowest BCUT2D eigenvalue weighted by atomic mass is 9.99. The van der Waals surface area contributed by atoms with E-state index >= 15 is 0 Å². The number of nitrogens with one attached hydrogen (secondary N) is 1. The fraction of sp³-hybridized carbons (Fsp3) is 0.409. The van der Waals surface area contributed by atoms with Crippen molar-refractivity contribution in [3.05, 3.63) is 47.6 Å². The summed E-state index contributed by atoms with van der Waals surface area (Å²) in [6, 6.07) is 5.38. The molecule has 2 aromatic heterocycles. The van der Waals surface area contributed by atoms with Crippen molar-refractivity contribution in [1.82, 2.24) is 15.0 Å². The van der Waals surface area contributed by atoms with Gasteiger partial charge in [-0.2, -0.15) is 0 Å². The third-order valence-corrected chi connectivity index (χ3v) is 5.16. The van der Waals surface area contributed by atoms with E-state index in [1.165, 1.54) is 0 Å².